The average molecular weight is 323 g/mol. The Morgan fingerprint density at radius 2 is 2.23 bits per heavy atom. The molecule has 0 aliphatic heterocycles. The summed E-state index contributed by atoms with van der Waals surface area (Å²) in [6.45, 7) is 1.13. The number of aromatic hydroxyl groups is 1. The maximum Gasteiger partial charge on any atom is 0.342 e. The molecule has 0 saturated heterocycles. The van der Waals surface area contributed by atoms with Gasteiger partial charge in [0.2, 0.25) is 0 Å². The highest BCUT2D eigenvalue weighted by molar-refractivity contribution is 6.30. The number of phenolic OH excluding ortho intramolecular Hbond substituents is 1. The van der Waals surface area contributed by atoms with Gasteiger partial charge in [-0.3, -0.25) is 4.79 Å². The van der Waals surface area contributed by atoms with Crippen molar-refractivity contribution in [2.45, 2.75) is 25.3 Å². The van der Waals surface area contributed by atoms with Crippen LogP contribution < -0.4 is 5.32 Å². The highest BCUT2D eigenvalue weighted by Crippen LogP contribution is 2.39. The third-order valence-electron chi connectivity index (χ3n) is 3.54. The van der Waals surface area contributed by atoms with Gasteiger partial charge in [0, 0.05) is 5.02 Å². The van der Waals surface area contributed by atoms with E-state index in [-0.39, 0.29) is 22.3 Å². The van der Waals surface area contributed by atoms with Crippen LogP contribution in [-0.4, -0.2) is 29.1 Å². The predicted octanol–water partition coefficient (Wildman–Crippen LogP) is 2.01. The number of esters is 1. The van der Waals surface area contributed by atoms with Crippen LogP contribution in [-0.2, 0) is 9.53 Å². The zero-order chi connectivity index (χ0) is 16.3. The lowest BCUT2D eigenvalue weighted by molar-refractivity contribution is -0.125. The third kappa shape index (κ3) is 3.68. The minimum atomic E-state index is -0.939. The van der Waals surface area contributed by atoms with Crippen LogP contribution in [0.4, 0.5) is 0 Å². The summed E-state index contributed by atoms with van der Waals surface area (Å²) in [5, 5.41) is 21.6. The number of halogens is 1. The summed E-state index contributed by atoms with van der Waals surface area (Å²) < 4.78 is 4.84. The maximum absolute atomic E-state index is 11.8. The van der Waals surface area contributed by atoms with Gasteiger partial charge < -0.3 is 15.2 Å². The summed E-state index contributed by atoms with van der Waals surface area (Å²) in [5.41, 5.74) is -1.02. The molecular weight excluding hydrogens is 308 g/mol. The first-order valence-corrected chi connectivity index (χ1v) is 7.11. The number of benzene rings is 1. The largest absolute Gasteiger partial charge is 0.507 e. The molecule has 116 valence electrons. The molecule has 1 amide bonds. The Labute approximate surface area is 132 Å². The molecule has 1 aromatic carbocycles. The highest BCUT2D eigenvalue weighted by Gasteiger charge is 2.43. The average Bonchev–Trinajstić information content (AvgIpc) is 3.29. The number of nitrogens with one attached hydrogen (secondary N) is 1. The number of amides is 1. The van der Waals surface area contributed by atoms with Crippen LogP contribution in [0.1, 0.15) is 30.1 Å². The summed E-state index contributed by atoms with van der Waals surface area (Å²) in [7, 11) is 0. The molecule has 1 atom stereocenters. The van der Waals surface area contributed by atoms with Crippen molar-refractivity contribution >= 4 is 23.5 Å². The standard InChI is InChI=1S/C15H15ClN2O4/c1-15(8-17,9-2-3-9)18-13(20)7-22-14(21)11-5-4-10(16)6-12(11)19/h4-6,9,19H,2-3,7H2,1H3,(H,18,20)/t15-/m1/s1. The minimum Gasteiger partial charge on any atom is -0.507 e. The smallest absolute Gasteiger partial charge is 0.342 e. The van der Waals surface area contributed by atoms with Gasteiger partial charge in [0.25, 0.3) is 5.91 Å². The SMILES string of the molecule is C[C@](C#N)(NC(=O)COC(=O)c1ccc(Cl)cc1O)C1CC1. The summed E-state index contributed by atoms with van der Waals surface area (Å²) in [6, 6.07) is 6.02. The normalized spacial score (nSPS) is 16.2. The van der Waals surface area contributed by atoms with E-state index in [1.165, 1.54) is 18.2 Å². The first kappa shape index (κ1) is 16.1. The molecule has 1 aliphatic carbocycles. The van der Waals surface area contributed by atoms with Crippen molar-refractivity contribution in [1.29, 1.82) is 5.26 Å². The Balaban J connectivity index is 1.91. The number of nitrogens with zero attached hydrogens (tertiary/aromatic N) is 1. The first-order chi connectivity index (χ1) is 10.4. The van der Waals surface area contributed by atoms with Gasteiger partial charge in [-0.05, 0) is 43.9 Å². The first-order valence-electron chi connectivity index (χ1n) is 6.73. The Morgan fingerprint density at radius 3 is 2.77 bits per heavy atom. The van der Waals surface area contributed by atoms with Crippen molar-refractivity contribution < 1.29 is 19.4 Å². The highest BCUT2D eigenvalue weighted by atomic mass is 35.5. The van der Waals surface area contributed by atoms with Gasteiger partial charge in [-0.1, -0.05) is 11.6 Å². The Bertz CT molecular complexity index is 651. The summed E-state index contributed by atoms with van der Waals surface area (Å²) >= 11 is 5.67. The quantitative estimate of drug-likeness (QED) is 0.808. The van der Waals surface area contributed by atoms with E-state index in [1.54, 1.807) is 6.92 Å². The number of hydrogen-bond acceptors (Lipinski definition) is 5. The van der Waals surface area contributed by atoms with E-state index in [0.29, 0.717) is 0 Å². The third-order valence-corrected chi connectivity index (χ3v) is 3.77. The van der Waals surface area contributed by atoms with Crippen LogP contribution in [0.15, 0.2) is 18.2 Å². The van der Waals surface area contributed by atoms with E-state index in [1.807, 2.05) is 0 Å². The lowest BCUT2D eigenvalue weighted by Gasteiger charge is -2.22. The Hall–Kier alpha value is -2.26. The number of carbonyl (C=O) groups is 2. The Morgan fingerprint density at radius 1 is 1.55 bits per heavy atom. The lowest BCUT2D eigenvalue weighted by atomic mass is 9.98. The molecule has 0 unspecified atom stereocenters. The molecule has 7 heteroatoms. The number of rotatable bonds is 5. The second-order valence-corrected chi connectivity index (χ2v) is 5.81. The van der Waals surface area contributed by atoms with Crippen LogP contribution in [0.5, 0.6) is 5.75 Å². The van der Waals surface area contributed by atoms with Crippen molar-refractivity contribution in [3.8, 4) is 11.8 Å². The Kier molecular flexibility index (Phi) is 4.57. The number of carbonyl (C=O) groups excluding carboxylic acids is 2. The zero-order valence-electron chi connectivity index (χ0n) is 11.9. The fourth-order valence-electron chi connectivity index (χ4n) is 2.09. The number of phenols is 1. The van der Waals surface area contributed by atoms with Gasteiger partial charge >= 0.3 is 5.97 Å². The maximum atomic E-state index is 11.8. The summed E-state index contributed by atoms with van der Waals surface area (Å²) in [4.78, 5) is 23.6. The van der Waals surface area contributed by atoms with Gasteiger partial charge in [0.05, 0.1) is 6.07 Å². The van der Waals surface area contributed by atoms with E-state index in [0.717, 1.165) is 12.8 Å². The van der Waals surface area contributed by atoms with Crippen LogP contribution in [0.2, 0.25) is 5.02 Å². The molecule has 0 bridgehead atoms. The van der Waals surface area contributed by atoms with Crippen molar-refractivity contribution in [2.75, 3.05) is 6.61 Å². The molecule has 2 rings (SSSR count). The molecule has 0 aromatic heterocycles. The number of nitriles is 1. The van der Waals surface area contributed by atoms with Gasteiger partial charge in [0.15, 0.2) is 6.61 Å². The van der Waals surface area contributed by atoms with E-state index in [2.05, 4.69) is 11.4 Å². The molecule has 0 spiro atoms. The fraction of sp³-hybridized carbons (Fsp3) is 0.400. The van der Waals surface area contributed by atoms with Gasteiger partial charge in [-0.15, -0.1) is 0 Å². The molecule has 22 heavy (non-hydrogen) atoms. The van der Waals surface area contributed by atoms with Gasteiger partial charge in [-0.2, -0.15) is 5.26 Å². The minimum absolute atomic E-state index is 0.0811. The van der Waals surface area contributed by atoms with Crippen LogP contribution in [0.25, 0.3) is 0 Å². The molecule has 1 aliphatic rings. The van der Waals surface area contributed by atoms with Crippen molar-refractivity contribution in [2.24, 2.45) is 5.92 Å². The second kappa shape index (κ2) is 6.24. The molecule has 1 aromatic rings. The van der Waals surface area contributed by atoms with Crippen LogP contribution in [0, 0.1) is 17.2 Å². The number of ether oxygens (including phenoxy) is 1. The van der Waals surface area contributed by atoms with Crippen LogP contribution in [0.3, 0.4) is 0 Å². The van der Waals surface area contributed by atoms with Crippen molar-refractivity contribution in [1.82, 2.24) is 5.32 Å². The summed E-state index contributed by atoms with van der Waals surface area (Å²) in [5.74, 6) is -1.58. The zero-order valence-corrected chi connectivity index (χ0v) is 12.7. The lowest BCUT2D eigenvalue weighted by Crippen LogP contribution is -2.48. The molecule has 1 fully saturated rings. The molecular formula is C15H15ClN2O4. The summed E-state index contributed by atoms with van der Waals surface area (Å²) in [6.07, 6.45) is 1.78. The second-order valence-electron chi connectivity index (χ2n) is 5.37. The molecule has 0 radical (unpaired) electrons. The monoisotopic (exact) mass is 322 g/mol. The fourth-order valence-corrected chi connectivity index (χ4v) is 2.26. The van der Waals surface area contributed by atoms with Crippen molar-refractivity contribution in [3.63, 3.8) is 0 Å². The van der Waals surface area contributed by atoms with E-state index >= 15 is 0 Å². The van der Waals surface area contributed by atoms with E-state index in [4.69, 9.17) is 21.6 Å². The van der Waals surface area contributed by atoms with Crippen LogP contribution >= 0.6 is 11.6 Å². The topological polar surface area (TPSA) is 99.4 Å². The molecule has 2 N–H and O–H groups in total. The molecule has 6 nitrogen and oxygen atoms in total. The van der Waals surface area contributed by atoms with Gasteiger partial charge in [0.1, 0.15) is 16.9 Å². The van der Waals surface area contributed by atoms with E-state index in [9.17, 15) is 14.7 Å². The van der Waals surface area contributed by atoms with Gasteiger partial charge in [-0.25, -0.2) is 4.79 Å². The van der Waals surface area contributed by atoms with E-state index < -0.39 is 24.0 Å². The van der Waals surface area contributed by atoms with Crippen molar-refractivity contribution in [3.05, 3.63) is 28.8 Å². The molecule has 1 saturated carbocycles. The molecule has 0 heterocycles. The number of hydrogen-bond donors (Lipinski definition) is 2. The predicted molar refractivity (Wildman–Crippen MR) is 78.3 cm³/mol.